The molecule has 1 aromatic carbocycles. The lowest BCUT2D eigenvalue weighted by atomic mass is 10.2. The van der Waals surface area contributed by atoms with E-state index in [9.17, 15) is 8.42 Å². The number of nitrogens with one attached hydrogen (secondary N) is 1. The molecule has 0 bridgehead atoms. The van der Waals surface area contributed by atoms with Crippen LogP contribution in [0.4, 0.5) is 11.4 Å². The van der Waals surface area contributed by atoms with Crippen LogP contribution in [-0.4, -0.2) is 46.4 Å². The van der Waals surface area contributed by atoms with E-state index in [4.69, 9.17) is 16.3 Å². The third-order valence-corrected chi connectivity index (χ3v) is 5.37. The molecule has 1 unspecified atom stereocenters. The van der Waals surface area contributed by atoms with Gasteiger partial charge in [0.15, 0.2) is 0 Å². The lowest BCUT2D eigenvalue weighted by Gasteiger charge is -2.28. The van der Waals surface area contributed by atoms with Crippen molar-refractivity contribution in [2.75, 3.05) is 47.6 Å². The number of rotatable bonds is 6. The minimum Gasteiger partial charge on any atom is -0.378 e. The summed E-state index contributed by atoms with van der Waals surface area (Å²) in [5.74, 6) is 0.287. The Morgan fingerprint density at radius 2 is 1.90 bits per heavy atom. The average molecular weight is 333 g/mol. The molecule has 118 valence electrons. The first-order valence-corrected chi connectivity index (χ1v) is 9.18. The van der Waals surface area contributed by atoms with Gasteiger partial charge in [-0.25, -0.2) is 8.42 Å². The van der Waals surface area contributed by atoms with Crippen LogP contribution >= 0.6 is 11.6 Å². The van der Waals surface area contributed by atoms with Gasteiger partial charge in [-0.1, -0.05) is 6.92 Å². The average Bonchev–Trinajstić information content (AvgIpc) is 2.48. The molecule has 1 aliphatic rings. The van der Waals surface area contributed by atoms with E-state index in [0.29, 0.717) is 11.6 Å². The van der Waals surface area contributed by atoms with E-state index in [-0.39, 0.29) is 11.7 Å². The van der Waals surface area contributed by atoms with E-state index in [1.54, 1.807) is 12.1 Å². The van der Waals surface area contributed by atoms with Crippen LogP contribution in [0, 0.1) is 5.92 Å². The van der Waals surface area contributed by atoms with Gasteiger partial charge in [-0.05, 0) is 30.2 Å². The highest BCUT2D eigenvalue weighted by Gasteiger charge is 2.16. The molecule has 0 saturated carbocycles. The first-order valence-electron chi connectivity index (χ1n) is 6.99. The summed E-state index contributed by atoms with van der Waals surface area (Å²) in [6, 6.07) is 7.42. The maximum atomic E-state index is 12.0. The number of alkyl halides is 1. The van der Waals surface area contributed by atoms with Crippen molar-refractivity contribution in [1.29, 1.82) is 0 Å². The molecule has 21 heavy (non-hydrogen) atoms. The number of hydrogen-bond acceptors (Lipinski definition) is 4. The molecule has 2 rings (SSSR count). The minimum absolute atomic E-state index is 0.0295. The summed E-state index contributed by atoms with van der Waals surface area (Å²) in [5, 5.41) is 0. The largest absolute Gasteiger partial charge is 0.378 e. The fourth-order valence-electron chi connectivity index (χ4n) is 2.20. The van der Waals surface area contributed by atoms with Crippen molar-refractivity contribution in [3.63, 3.8) is 0 Å². The number of halogens is 1. The van der Waals surface area contributed by atoms with Gasteiger partial charge in [0.25, 0.3) is 0 Å². The van der Waals surface area contributed by atoms with E-state index >= 15 is 0 Å². The zero-order valence-corrected chi connectivity index (χ0v) is 13.7. The van der Waals surface area contributed by atoms with Crippen LogP contribution < -0.4 is 9.62 Å². The molecular formula is C14H21ClN2O3S. The van der Waals surface area contributed by atoms with Crippen LogP contribution in [0.2, 0.25) is 0 Å². The first kappa shape index (κ1) is 16.4. The standard InChI is InChI=1S/C14H21ClN2O3S/c1-12(10-15)11-21(18,19)16-13-2-4-14(5-3-13)17-6-8-20-9-7-17/h2-5,12,16H,6-11H2,1H3. The third kappa shape index (κ3) is 5.05. The topological polar surface area (TPSA) is 58.6 Å². The van der Waals surface area contributed by atoms with Crippen molar-refractivity contribution < 1.29 is 13.2 Å². The van der Waals surface area contributed by atoms with Crippen LogP contribution in [0.15, 0.2) is 24.3 Å². The molecule has 0 aliphatic carbocycles. The Morgan fingerprint density at radius 1 is 1.29 bits per heavy atom. The Kier molecular flexibility index (Phi) is 5.72. The van der Waals surface area contributed by atoms with E-state index in [1.807, 2.05) is 19.1 Å². The van der Waals surface area contributed by atoms with Gasteiger partial charge in [0.1, 0.15) is 0 Å². The zero-order valence-electron chi connectivity index (χ0n) is 12.1. The number of ether oxygens (including phenoxy) is 1. The van der Waals surface area contributed by atoms with Crippen LogP contribution in [0.1, 0.15) is 6.92 Å². The number of morpholine rings is 1. The summed E-state index contributed by atoms with van der Waals surface area (Å²) >= 11 is 5.66. The van der Waals surface area contributed by atoms with Crippen molar-refractivity contribution in [2.45, 2.75) is 6.92 Å². The molecule has 1 fully saturated rings. The summed E-state index contributed by atoms with van der Waals surface area (Å²) in [4.78, 5) is 2.22. The summed E-state index contributed by atoms with van der Waals surface area (Å²) in [5.41, 5.74) is 1.66. The molecule has 0 amide bonds. The molecule has 1 heterocycles. The third-order valence-electron chi connectivity index (χ3n) is 3.28. The molecule has 1 atom stereocenters. The summed E-state index contributed by atoms with van der Waals surface area (Å²) < 4.78 is 31.8. The van der Waals surface area contributed by atoms with Crippen LogP contribution in [0.5, 0.6) is 0 Å². The normalized spacial score (nSPS) is 17.5. The Bertz CT molecular complexity index is 542. The Labute approximate surface area is 131 Å². The van der Waals surface area contributed by atoms with Gasteiger partial charge in [0.05, 0.1) is 19.0 Å². The molecule has 1 aromatic rings. The molecule has 1 saturated heterocycles. The second-order valence-corrected chi connectivity index (χ2v) is 7.36. The predicted molar refractivity (Wildman–Crippen MR) is 86.8 cm³/mol. The fraction of sp³-hybridized carbons (Fsp3) is 0.571. The van der Waals surface area contributed by atoms with Crippen LogP contribution in [-0.2, 0) is 14.8 Å². The molecule has 0 spiro atoms. The molecule has 1 aliphatic heterocycles. The van der Waals surface area contributed by atoms with Crippen molar-refractivity contribution >= 4 is 33.0 Å². The summed E-state index contributed by atoms with van der Waals surface area (Å²) in [6.45, 7) is 4.99. The lowest BCUT2D eigenvalue weighted by molar-refractivity contribution is 0.122. The Morgan fingerprint density at radius 3 is 2.48 bits per heavy atom. The summed E-state index contributed by atoms with van der Waals surface area (Å²) in [6.07, 6.45) is 0. The lowest BCUT2D eigenvalue weighted by Crippen LogP contribution is -2.36. The Balaban J connectivity index is 1.98. The number of anilines is 2. The second-order valence-electron chi connectivity index (χ2n) is 5.29. The predicted octanol–water partition coefficient (Wildman–Crippen LogP) is 2.14. The van der Waals surface area contributed by atoms with Crippen molar-refractivity contribution in [3.8, 4) is 0 Å². The number of nitrogens with zero attached hydrogens (tertiary/aromatic N) is 1. The van der Waals surface area contributed by atoms with E-state index in [0.717, 1.165) is 32.0 Å². The maximum absolute atomic E-state index is 12.0. The van der Waals surface area contributed by atoms with Crippen molar-refractivity contribution in [3.05, 3.63) is 24.3 Å². The second kappa shape index (κ2) is 7.33. The van der Waals surface area contributed by atoms with Crippen molar-refractivity contribution in [1.82, 2.24) is 0 Å². The SMILES string of the molecule is CC(CCl)CS(=O)(=O)Nc1ccc(N2CCOCC2)cc1. The fourth-order valence-corrected chi connectivity index (χ4v) is 3.89. The van der Waals surface area contributed by atoms with E-state index in [2.05, 4.69) is 9.62 Å². The number of benzene rings is 1. The number of sulfonamides is 1. The van der Waals surface area contributed by atoms with Crippen molar-refractivity contribution in [2.24, 2.45) is 5.92 Å². The Hall–Kier alpha value is -0.980. The molecule has 7 heteroatoms. The van der Waals surface area contributed by atoms with Gasteiger partial charge in [-0.15, -0.1) is 11.6 Å². The maximum Gasteiger partial charge on any atom is 0.233 e. The highest BCUT2D eigenvalue weighted by Crippen LogP contribution is 2.20. The highest BCUT2D eigenvalue weighted by molar-refractivity contribution is 7.92. The zero-order chi connectivity index (χ0) is 15.3. The van der Waals surface area contributed by atoms with Gasteiger partial charge in [0, 0.05) is 30.3 Å². The highest BCUT2D eigenvalue weighted by atomic mass is 35.5. The summed E-state index contributed by atoms with van der Waals surface area (Å²) in [7, 11) is -3.35. The minimum atomic E-state index is -3.35. The number of hydrogen-bond donors (Lipinski definition) is 1. The van der Waals surface area contributed by atoms with Gasteiger partial charge in [0.2, 0.25) is 10.0 Å². The van der Waals surface area contributed by atoms with Crippen LogP contribution in [0.3, 0.4) is 0 Å². The monoisotopic (exact) mass is 332 g/mol. The van der Waals surface area contributed by atoms with Gasteiger partial charge in [-0.2, -0.15) is 0 Å². The van der Waals surface area contributed by atoms with E-state index in [1.165, 1.54) is 0 Å². The smallest absolute Gasteiger partial charge is 0.233 e. The molecule has 5 nitrogen and oxygen atoms in total. The van der Waals surface area contributed by atoms with E-state index < -0.39 is 10.0 Å². The van der Waals surface area contributed by atoms with Gasteiger partial charge in [-0.3, -0.25) is 4.72 Å². The van der Waals surface area contributed by atoms with Gasteiger partial charge < -0.3 is 9.64 Å². The quantitative estimate of drug-likeness (QED) is 0.811. The molecular weight excluding hydrogens is 312 g/mol. The van der Waals surface area contributed by atoms with Crippen LogP contribution in [0.25, 0.3) is 0 Å². The first-order chi connectivity index (χ1) is 10.00. The molecule has 1 N–H and O–H groups in total. The molecule has 0 aromatic heterocycles. The molecule has 0 radical (unpaired) electrons. The van der Waals surface area contributed by atoms with Gasteiger partial charge >= 0.3 is 0 Å².